The number of esters is 1. The number of thioether (sulfide) groups is 1. The lowest BCUT2D eigenvalue weighted by Gasteiger charge is -2.40. The van der Waals surface area contributed by atoms with Gasteiger partial charge >= 0.3 is 5.97 Å². The van der Waals surface area contributed by atoms with Gasteiger partial charge in [0, 0.05) is 23.5 Å². The minimum Gasteiger partial charge on any atom is -0.463 e. The molecule has 2 heterocycles. The van der Waals surface area contributed by atoms with Gasteiger partial charge in [-0.25, -0.2) is 14.2 Å². The molecule has 0 saturated carbocycles. The van der Waals surface area contributed by atoms with Gasteiger partial charge in [0.15, 0.2) is 5.17 Å². The van der Waals surface area contributed by atoms with E-state index in [1.54, 1.807) is 30.8 Å². The summed E-state index contributed by atoms with van der Waals surface area (Å²) in [5, 5.41) is 3.72. The van der Waals surface area contributed by atoms with Gasteiger partial charge in [0.2, 0.25) is 0 Å². The van der Waals surface area contributed by atoms with Crippen molar-refractivity contribution in [3.8, 4) is 0 Å². The van der Waals surface area contributed by atoms with Crippen LogP contribution in [0.5, 0.6) is 0 Å². The van der Waals surface area contributed by atoms with E-state index >= 15 is 0 Å². The number of nitrogens with one attached hydrogen (secondary N) is 1. The fourth-order valence-corrected chi connectivity index (χ4v) is 4.92. The maximum Gasteiger partial charge on any atom is 0.338 e. The molecular formula is C24H24FN3O3S. The van der Waals surface area contributed by atoms with Crippen LogP contribution < -0.4 is 5.32 Å². The van der Waals surface area contributed by atoms with E-state index in [1.165, 1.54) is 18.2 Å². The highest BCUT2D eigenvalue weighted by molar-refractivity contribution is 8.13. The Bertz CT molecular complexity index is 1120. The van der Waals surface area contributed by atoms with E-state index in [0.717, 1.165) is 29.4 Å². The number of anilines is 1. The first-order valence-corrected chi connectivity index (χ1v) is 11.5. The zero-order valence-electron chi connectivity index (χ0n) is 17.9. The molecule has 2 aromatic rings. The summed E-state index contributed by atoms with van der Waals surface area (Å²) < 4.78 is 18.8. The van der Waals surface area contributed by atoms with Crippen molar-refractivity contribution in [1.82, 2.24) is 4.90 Å². The molecule has 1 atom stereocenters. The minimum absolute atomic E-state index is 0.234. The molecule has 2 aromatic carbocycles. The third-order valence-corrected chi connectivity index (χ3v) is 6.38. The lowest BCUT2D eigenvalue weighted by molar-refractivity contribution is -0.139. The van der Waals surface area contributed by atoms with Gasteiger partial charge in [0.1, 0.15) is 5.82 Å². The summed E-state index contributed by atoms with van der Waals surface area (Å²) in [6, 6.07) is 12.6. The van der Waals surface area contributed by atoms with Gasteiger partial charge in [-0.1, -0.05) is 30.0 Å². The molecule has 6 nitrogen and oxygen atoms in total. The first-order chi connectivity index (χ1) is 15.5. The molecule has 0 aromatic heterocycles. The summed E-state index contributed by atoms with van der Waals surface area (Å²) in [6.45, 7) is 4.65. The summed E-state index contributed by atoms with van der Waals surface area (Å²) in [4.78, 5) is 32.2. The molecule has 166 valence electrons. The van der Waals surface area contributed by atoms with Crippen molar-refractivity contribution in [2.24, 2.45) is 4.99 Å². The Hall–Kier alpha value is -3.13. The molecule has 0 unspecified atom stereocenters. The fraction of sp³-hybridized carbons (Fsp3) is 0.292. The third-order valence-electron chi connectivity index (χ3n) is 5.30. The zero-order valence-corrected chi connectivity index (χ0v) is 18.7. The second-order valence-corrected chi connectivity index (χ2v) is 8.56. The van der Waals surface area contributed by atoms with E-state index in [1.807, 2.05) is 25.1 Å². The van der Waals surface area contributed by atoms with Crippen molar-refractivity contribution in [1.29, 1.82) is 0 Å². The van der Waals surface area contributed by atoms with Crippen molar-refractivity contribution in [2.75, 3.05) is 24.2 Å². The number of rotatable bonds is 5. The Morgan fingerprint density at radius 1 is 1.25 bits per heavy atom. The van der Waals surface area contributed by atoms with E-state index in [0.29, 0.717) is 17.0 Å². The second-order valence-electron chi connectivity index (χ2n) is 7.50. The lowest BCUT2D eigenvalue weighted by Crippen LogP contribution is -2.42. The molecule has 0 radical (unpaired) electrons. The van der Waals surface area contributed by atoms with Crippen LogP contribution in [0.4, 0.5) is 10.1 Å². The van der Waals surface area contributed by atoms with Crippen LogP contribution in [0.15, 0.2) is 64.8 Å². The average Bonchev–Trinajstić information content (AvgIpc) is 2.78. The molecule has 32 heavy (non-hydrogen) atoms. The summed E-state index contributed by atoms with van der Waals surface area (Å²) in [5.74, 6) is -0.280. The first kappa shape index (κ1) is 22.1. The molecule has 2 aliphatic rings. The number of hydrogen-bond donors (Lipinski definition) is 1. The highest BCUT2D eigenvalue weighted by Gasteiger charge is 2.37. The van der Waals surface area contributed by atoms with E-state index in [4.69, 9.17) is 4.74 Å². The predicted molar refractivity (Wildman–Crippen MR) is 124 cm³/mol. The molecule has 0 spiro atoms. The van der Waals surface area contributed by atoms with Crippen molar-refractivity contribution in [2.45, 2.75) is 26.3 Å². The maximum absolute atomic E-state index is 13.5. The Labute approximate surface area is 190 Å². The van der Waals surface area contributed by atoms with Crippen LogP contribution in [-0.4, -0.2) is 40.8 Å². The number of halogens is 1. The van der Waals surface area contributed by atoms with Gasteiger partial charge in [0.25, 0.3) is 5.91 Å². The summed E-state index contributed by atoms with van der Waals surface area (Å²) in [7, 11) is 0. The van der Waals surface area contributed by atoms with Crippen LogP contribution in [0.3, 0.4) is 0 Å². The molecule has 0 bridgehead atoms. The highest BCUT2D eigenvalue weighted by Crippen LogP contribution is 2.40. The van der Waals surface area contributed by atoms with Crippen molar-refractivity contribution < 1.29 is 18.7 Å². The van der Waals surface area contributed by atoms with E-state index < -0.39 is 11.7 Å². The quantitative estimate of drug-likeness (QED) is 0.661. The smallest absolute Gasteiger partial charge is 0.338 e. The van der Waals surface area contributed by atoms with Crippen molar-refractivity contribution in [3.05, 3.63) is 76.7 Å². The Balaban J connectivity index is 1.68. The molecule has 1 N–H and O–H groups in total. The standard InChI is InChI=1S/C24H24FN3O3S/c1-3-31-23(30)20-15(2)26-24-28(11-6-12-32-24)21(20)16-7-5-10-19(14-16)27-22(29)17-8-4-9-18(25)13-17/h4-5,7-10,13-14,21H,3,6,11-12H2,1-2H3,(H,27,29)/t21-/m0/s1. The summed E-state index contributed by atoms with van der Waals surface area (Å²) >= 11 is 1.67. The molecule has 2 aliphatic heterocycles. The van der Waals surface area contributed by atoms with Crippen LogP contribution in [-0.2, 0) is 9.53 Å². The van der Waals surface area contributed by atoms with Crippen LogP contribution in [0.25, 0.3) is 0 Å². The number of aliphatic imine (C=N–C) groups is 1. The fourth-order valence-electron chi connectivity index (χ4n) is 3.90. The van der Waals surface area contributed by atoms with Crippen LogP contribution in [0.2, 0.25) is 0 Å². The van der Waals surface area contributed by atoms with E-state index in [9.17, 15) is 14.0 Å². The van der Waals surface area contributed by atoms with Crippen molar-refractivity contribution in [3.63, 3.8) is 0 Å². The van der Waals surface area contributed by atoms with Gasteiger partial charge in [-0.3, -0.25) is 4.79 Å². The number of carbonyl (C=O) groups excluding carboxylic acids is 2. The topological polar surface area (TPSA) is 71.0 Å². The summed E-state index contributed by atoms with van der Waals surface area (Å²) in [6.07, 6.45) is 0.978. The SMILES string of the molecule is CCOC(=O)C1=C(C)N=C2SCCCN2[C@H]1c1cccc(NC(=O)c2cccc(F)c2)c1. The number of carbonyl (C=O) groups is 2. The molecular weight excluding hydrogens is 429 g/mol. The van der Waals surface area contributed by atoms with Gasteiger partial charge in [-0.15, -0.1) is 0 Å². The number of allylic oxidation sites excluding steroid dienone is 1. The average molecular weight is 454 g/mol. The number of amides is 1. The van der Waals surface area contributed by atoms with Gasteiger partial charge < -0.3 is 15.0 Å². The number of nitrogens with zero attached hydrogens (tertiary/aromatic N) is 2. The monoisotopic (exact) mass is 453 g/mol. The van der Waals surface area contributed by atoms with E-state index in [2.05, 4.69) is 15.2 Å². The van der Waals surface area contributed by atoms with Crippen molar-refractivity contribution >= 4 is 34.5 Å². The summed E-state index contributed by atoms with van der Waals surface area (Å²) in [5.41, 5.74) is 2.79. The maximum atomic E-state index is 13.5. The molecule has 1 fully saturated rings. The first-order valence-electron chi connectivity index (χ1n) is 10.5. The Morgan fingerprint density at radius 3 is 2.84 bits per heavy atom. The molecule has 1 amide bonds. The molecule has 4 rings (SSSR count). The van der Waals surface area contributed by atoms with Crippen LogP contribution in [0.1, 0.15) is 42.2 Å². The molecule has 0 aliphatic carbocycles. The van der Waals surface area contributed by atoms with Crippen LogP contribution >= 0.6 is 11.8 Å². The zero-order chi connectivity index (χ0) is 22.7. The minimum atomic E-state index is -0.470. The van der Waals surface area contributed by atoms with Gasteiger partial charge in [-0.05, 0) is 56.2 Å². The van der Waals surface area contributed by atoms with E-state index in [-0.39, 0.29) is 24.2 Å². The third kappa shape index (κ3) is 4.55. The highest BCUT2D eigenvalue weighted by atomic mass is 32.2. The molecule has 8 heteroatoms. The van der Waals surface area contributed by atoms with Crippen LogP contribution in [0, 0.1) is 5.82 Å². The lowest BCUT2D eigenvalue weighted by atomic mass is 9.94. The largest absolute Gasteiger partial charge is 0.463 e. The van der Waals surface area contributed by atoms with Gasteiger partial charge in [0.05, 0.1) is 23.9 Å². The second kappa shape index (κ2) is 9.56. The predicted octanol–water partition coefficient (Wildman–Crippen LogP) is 4.76. The Morgan fingerprint density at radius 2 is 2.06 bits per heavy atom. The number of benzene rings is 2. The Kier molecular flexibility index (Phi) is 6.60. The molecule has 1 saturated heterocycles. The normalized spacial score (nSPS) is 18.0. The number of ether oxygens (including phenoxy) is 1. The van der Waals surface area contributed by atoms with Gasteiger partial charge in [-0.2, -0.15) is 0 Å². The number of amidine groups is 1. The number of hydrogen-bond acceptors (Lipinski definition) is 6. The number of fused-ring (bicyclic) bond motifs is 1.